The zero-order valence-electron chi connectivity index (χ0n) is 7.65. The average Bonchev–Trinajstić information content (AvgIpc) is 2.63. The van der Waals surface area contributed by atoms with Gasteiger partial charge in [-0.1, -0.05) is 6.92 Å². The highest BCUT2D eigenvalue weighted by Crippen LogP contribution is 2.24. The molecule has 14 heavy (non-hydrogen) atoms. The molecule has 72 valence electrons. The molecule has 0 fully saturated rings. The second kappa shape index (κ2) is 3.38. The van der Waals surface area contributed by atoms with Crippen molar-refractivity contribution < 1.29 is 9.90 Å². The number of hydrogen-bond donors (Lipinski definition) is 1. The van der Waals surface area contributed by atoms with Crippen LogP contribution in [0.3, 0.4) is 0 Å². The van der Waals surface area contributed by atoms with Gasteiger partial charge in [-0.25, -0.2) is 9.78 Å². The Bertz CT molecular complexity index is 490. The molecule has 1 N–H and O–H groups in total. The van der Waals surface area contributed by atoms with Crippen molar-refractivity contribution in [1.29, 1.82) is 0 Å². The molecule has 1 aromatic carbocycles. The van der Waals surface area contributed by atoms with E-state index in [4.69, 9.17) is 5.11 Å². The number of carboxylic acids is 1. The van der Waals surface area contributed by atoms with Crippen molar-refractivity contribution in [1.82, 2.24) is 4.98 Å². The number of nitrogens with zero attached hydrogens (tertiary/aromatic N) is 1. The zero-order valence-corrected chi connectivity index (χ0v) is 8.47. The standard InChI is InChI=1S/C10H9NO2S/c1-2-6-3-7(10(12)13)4-8-9(6)11-5-14-8/h3-5H,2H2,1H3,(H,12,13). The average molecular weight is 207 g/mol. The summed E-state index contributed by atoms with van der Waals surface area (Å²) in [5.74, 6) is -0.880. The van der Waals surface area contributed by atoms with Crippen LogP contribution < -0.4 is 0 Å². The van der Waals surface area contributed by atoms with E-state index in [1.807, 2.05) is 6.92 Å². The Balaban J connectivity index is 2.73. The van der Waals surface area contributed by atoms with Crippen molar-refractivity contribution in [3.8, 4) is 0 Å². The third kappa shape index (κ3) is 1.37. The van der Waals surface area contributed by atoms with E-state index in [1.54, 1.807) is 17.6 Å². The number of rotatable bonds is 2. The van der Waals surface area contributed by atoms with E-state index in [0.29, 0.717) is 5.56 Å². The van der Waals surface area contributed by atoms with Crippen molar-refractivity contribution >= 4 is 27.5 Å². The molecule has 1 heterocycles. The fourth-order valence-corrected chi connectivity index (χ4v) is 2.19. The SMILES string of the molecule is CCc1cc(C(=O)O)cc2scnc12. The van der Waals surface area contributed by atoms with Crippen LogP contribution in [0.4, 0.5) is 0 Å². The molecule has 0 radical (unpaired) electrons. The molecule has 2 rings (SSSR count). The van der Waals surface area contributed by atoms with Gasteiger partial charge in [0.2, 0.25) is 0 Å². The minimum Gasteiger partial charge on any atom is -0.478 e. The van der Waals surface area contributed by atoms with Crippen LogP contribution in [0, 0.1) is 0 Å². The third-order valence-corrected chi connectivity index (χ3v) is 2.92. The number of aromatic carboxylic acids is 1. The summed E-state index contributed by atoms with van der Waals surface area (Å²) in [6.45, 7) is 2.00. The minimum atomic E-state index is -0.880. The summed E-state index contributed by atoms with van der Waals surface area (Å²) in [5, 5.41) is 8.89. The normalized spacial score (nSPS) is 10.6. The quantitative estimate of drug-likeness (QED) is 0.823. The Hall–Kier alpha value is -1.42. The molecule has 0 amide bonds. The molecule has 0 atom stereocenters. The van der Waals surface area contributed by atoms with Gasteiger partial charge in [0.25, 0.3) is 0 Å². The summed E-state index contributed by atoms with van der Waals surface area (Å²) in [5.41, 5.74) is 4.03. The van der Waals surface area contributed by atoms with Crippen LogP contribution in [-0.2, 0) is 6.42 Å². The van der Waals surface area contributed by atoms with Crippen LogP contribution in [0.1, 0.15) is 22.8 Å². The van der Waals surface area contributed by atoms with Gasteiger partial charge in [0, 0.05) is 0 Å². The van der Waals surface area contributed by atoms with Crippen LogP contribution in [0.5, 0.6) is 0 Å². The maximum atomic E-state index is 10.8. The van der Waals surface area contributed by atoms with Crippen LogP contribution in [0.2, 0.25) is 0 Å². The van der Waals surface area contributed by atoms with E-state index in [-0.39, 0.29) is 0 Å². The molecule has 0 aliphatic carbocycles. The maximum absolute atomic E-state index is 10.8. The first-order chi connectivity index (χ1) is 6.72. The van der Waals surface area contributed by atoms with Crippen LogP contribution >= 0.6 is 11.3 Å². The van der Waals surface area contributed by atoms with E-state index in [0.717, 1.165) is 22.2 Å². The largest absolute Gasteiger partial charge is 0.478 e. The van der Waals surface area contributed by atoms with E-state index < -0.39 is 5.97 Å². The summed E-state index contributed by atoms with van der Waals surface area (Å²) >= 11 is 1.47. The van der Waals surface area contributed by atoms with E-state index in [2.05, 4.69) is 4.98 Å². The molecule has 0 bridgehead atoms. The smallest absolute Gasteiger partial charge is 0.335 e. The number of thiazole rings is 1. The predicted molar refractivity (Wildman–Crippen MR) is 56.0 cm³/mol. The lowest BCUT2D eigenvalue weighted by Gasteiger charge is -2.00. The Morgan fingerprint density at radius 1 is 1.57 bits per heavy atom. The molecular weight excluding hydrogens is 198 g/mol. The number of carboxylic acid groups (broad SMARTS) is 1. The first-order valence-electron chi connectivity index (χ1n) is 4.31. The number of benzene rings is 1. The van der Waals surface area contributed by atoms with Gasteiger partial charge < -0.3 is 5.11 Å². The number of hydrogen-bond acceptors (Lipinski definition) is 3. The van der Waals surface area contributed by atoms with E-state index in [1.165, 1.54) is 11.3 Å². The lowest BCUT2D eigenvalue weighted by atomic mass is 10.1. The van der Waals surface area contributed by atoms with Crippen molar-refractivity contribution in [2.24, 2.45) is 0 Å². The lowest BCUT2D eigenvalue weighted by molar-refractivity contribution is 0.0697. The molecule has 2 aromatic rings. The highest BCUT2D eigenvalue weighted by molar-refractivity contribution is 7.16. The Kier molecular flexibility index (Phi) is 2.21. The van der Waals surface area contributed by atoms with Crippen molar-refractivity contribution in [3.63, 3.8) is 0 Å². The molecule has 0 saturated heterocycles. The topological polar surface area (TPSA) is 50.2 Å². The van der Waals surface area contributed by atoms with Gasteiger partial charge in [-0.15, -0.1) is 11.3 Å². The van der Waals surface area contributed by atoms with Crippen molar-refractivity contribution in [2.45, 2.75) is 13.3 Å². The molecule has 0 aliphatic rings. The fourth-order valence-electron chi connectivity index (χ4n) is 1.43. The highest BCUT2D eigenvalue weighted by Gasteiger charge is 2.09. The Morgan fingerprint density at radius 2 is 2.36 bits per heavy atom. The molecule has 3 nitrogen and oxygen atoms in total. The highest BCUT2D eigenvalue weighted by atomic mass is 32.1. The van der Waals surface area contributed by atoms with Gasteiger partial charge in [-0.2, -0.15) is 0 Å². The maximum Gasteiger partial charge on any atom is 0.335 e. The second-order valence-corrected chi connectivity index (χ2v) is 3.88. The summed E-state index contributed by atoms with van der Waals surface area (Å²) in [7, 11) is 0. The molecular formula is C10H9NO2S. The third-order valence-electron chi connectivity index (χ3n) is 2.14. The number of fused-ring (bicyclic) bond motifs is 1. The number of carbonyl (C=O) groups is 1. The van der Waals surface area contributed by atoms with Gasteiger partial charge in [0.1, 0.15) is 0 Å². The van der Waals surface area contributed by atoms with Gasteiger partial charge in [-0.05, 0) is 24.1 Å². The molecule has 0 unspecified atom stereocenters. The first kappa shape index (κ1) is 9.15. The van der Waals surface area contributed by atoms with E-state index >= 15 is 0 Å². The molecule has 0 saturated carbocycles. The summed E-state index contributed by atoms with van der Waals surface area (Å²) in [4.78, 5) is 15.0. The Labute approximate surface area is 85.0 Å². The van der Waals surface area contributed by atoms with Gasteiger partial charge in [-0.3, -0.25) is 0 Å². The van der Waals surface area contributed by atoms with Gasteiger partial charge in [0.05, 0.1) is 21.3 Å². The van der Waals surface area contributed by atoms with Gasteiger partial charge >= 0.3 is 5.97 Å². The van der Waals surface area contributed by atoms with Crippen LogP contribution in [-0.4, -0.2) is 16.1 Å². The first-order valence-corrected chi connectivity index (χ1v) is 5.19. The molecule has 1 aromatic heterocycles. The van der Waals surface area contributed by atoms with Crippen LogP contribution in [0.25, 0.3) is 10.2 Å². The van der Waals surface area contributed by atoms with E-state index in [9.17, 15) is 4.79 Å². The molecule has 0 aliphatic heterocycles. The van der Waals surface area contributed by atoms with Crippen molar-refractivity contribution in [3.05, 3.63) is 28.8 Å². The lowest BCUT2D eigenvalue weighted by Crippen LogP contribution is -1.97. The summed E-state index contributed by atoms with van der Waals surface area (Å²) in [6.07, 6.45) is 0.807. The summed E-state index contributed by atoms with van der Waals surface area (Å²) < 4.78 is 0.946. The van der Waals surface area contributed by atoms with Crippen LogP contribution in [0.15, 0.2) is 17.6 Å². The van der Waals surface area contributed by atoms with Gasteiger partial charge in [0.15, 0.2) is 0 Å². The Morgan fingerprint density at radius 3 is 3.00 bits per heavy atom. The monoisotopic (exact) mass is 207 g/mol. The summed E-state index contributed by atoms with van der Waals surface area (Å²) in [6, 6.07) is 3.37. The predicted octanol–water partition coefficient (Wildman–Crippen LogP) is 2.56. The number of aryl methyl sites for hydroxylation is 1. The second-order valence-electron chi connectivity index (χ2n) is 2.99. The number of aromatic nitrogens is 1. The fraction of sp³-hybridized carbons (Fsp3) is 0.200. The zero-order chi connectivity index (χ0) is 10.1. The molecule has 4 heteroatoms. The van der Waals surface area contributed by atoms with Crippen molar-refractivity contribution in [2.75, 3.05) is 0 Å². The minimum absolute atomic E-state index is 0.346. The molecule has 0 spiro atoms.